The zero-order valence-corrected chi connectivity index (χ0v) is 14.9. The summed E-state index contributed by atoms with van der Waals surface area (Å²) in [6.45, 7) is 0. The van der Waals surface area contributed by atoms with E-state index in [0.29, 0.717) is 5.92 Å². The molecule has 0 spiro atoms. The van der Waals surface area contributed by atoms with Gasteiger partial charge >= 0.3 is 5.97 Å². The maximum absolute atomic E-state index is 10.3. The molecule has 0 aromatic carbocycles. The lowest BCUT2D eigenvalue weighted by Gasteiger charge is -2.24. The van der Waals surface area contributed by atoms with E-state index < -0.39 is 5.97 Å². The molecular weight excluding hydrogens is 300 g/mol. The highest BCUT2D eigenvalue weighted by molar-refractivity contribution is 5.66. The van der Waals surface area contributed by atoms with Gasteiger partial charge in [0.05, 0.1) is 6.10 Å². The van der Waals surface area contributed by atoms with Crippen molar-refractivity contribution in [3.05, 3.63) is 36.5 Å². The van der Waals surface area contributed by atoms with E-state index in [4.69, 9.17) is 5.11 Å². The van der Waals surface area contributed by atoms with Gasteiger partial charge in [0.1, 0.15) is 0 Å². The molecule has 1 fully saturated rings. The SMILES string of the molecule is O=C(O)CCC/C=C/CCCC/C=C/C=C/C(O)C1CCCCC1. The minimum Gasteiger partial charge on any atom is -0.481 e. The van der Waals surface area contributed by atoms with E-state index in [1.54, 1.807) is 0 Å². The summed E-state index contributed by atoms with van der Waals surface area (Å²) in [6.07, 6.45) is 24.6. The molecule has 1 unspecified atom stereocenters. The van der Waals surface area contributed by atoms with E-state index in [0.717, 1.165) is 38.5 Å². The molecular formula is C21H34O3. The van der Waals surface area contributed by atoms with Crippen molar-refractivity contribution in [2.75, 3.05) is 0 Å². The van der Waals surface area contributed by atoms with Crippen molar-refractivity contribution in [3.63, 3.8) is 0 Å². The normalized spacial score (nSPS) is 18.0. The molecule has 1 atom stereocenters. The van der Waals surface area contributed by atoms with Gasteiger partial charge in [-0.25, -0.2) is 0 Å². The average Bonchev–Trinajstić information content (AvgIpc) is 2.59. The lowest BCUT2D eigenvalue weighted by Crippen LogP contribution is -2.20. The lowest BCUT2D eigenvalue weighted by molar-refractivity contribution is -0.137. The van der Waals surface area contributed by atoms with Crippen LogP contribution >= 0.6 is 0 Å². The first-order valence-electron chi connectivity index (χ1n) is 9.58. The minimum absolute atomic E-state index is 0.262. The zero-order chi connectivity index (χ0) is 17.5. The molecule has 1 aliphatic carbocycles. The van der Waals surface area contributed by atoms with Crippen molar-refractivity contribution in [1.82, 2.24) is 0 Å². The molecule has 3 heteroatoms. The van der Waals surface area contributed by atoms with Gasteiger partial charge in [-0.2, -0.15) is 0 Å². The second-order valence-corrected chi connectivity index (χ2v) is 6.74. The molecule has 0 aromatic heterocycles. The summed E-state index contributed by atoms with van der Waals surface area (Å²) >= 11 is 0. The monoisotopic (exact) mass is 334 g/mol. The Hall–Kier alpha value is -1.35. The Morgan fingerprint density at radius 2 is 1.54 bits per heavy atom. The molecule has 0 radical (unpaired) electrons. The third-order valence-electron chi connectivity index (χ3n) is 4.61. The van der Waals surface area contributed by atoms with Crippen LogP contribution in [-0.2, 0) is 4.79 Å². The van der Waals surface area contributed by atoms with Crippen molar-refractivity contribution < 1.29 is 15.0 Å². The summed E-state index contributed by atoms with van der Waals surface area (Å²) in [6, 6.07) is 0. The topological polar surface area (TPSA) is 57.5 Å². The van der Waals surface area contributed by atoms with Gasteiger partial charge in [-0.3, -0.25) is 4.79 Å². The van der Waals surface area contributed by atoms with Crippen LogP contribution < -0.4 is 0 Å². The fourth-order valence-electron chi connectivity index (χ4n) is 3.12. The van der Waals surface area contributed by atoms with Crippen LogP contribution in [0.2, 0.25) is 0 Å². The number of unbranched alkanes of at least 4 members (excludes halogenated alkanes) is 4. The van der Waals surface area contributed by atoms with Crippen molar-refractivity contribution in [2.45, 2.75) is 83.2 Å². The Kier molecular flexibility index (Phi) is 12.1. The van der Waals surface area contributed by atoms with E-state index in [1.165, 1.54) is 32.1 Å². The average molecular weight is 335 g/mol. The third-order valence-corrected chi connectivity index (χ3v) is 4.61. The highest BCUT2D eigenvalue weighted by Crippen LogP contribution is 2.26. The fraction of sp³-hybridized carbons (Fsp3) is 0.667. The number of carbonyl (C=O) groups is 1. The number of allylic oxidation sites excluding steroid dienone is 5. The highest BCUT2D eigenvalue weighted by atomic mass is 16.4. The summed E-state index contributed by atoms with van der Waals surface area (Å²) in [5.41, 5.74) is 0. The summed E-state index contributed by atoms with van der Waals surface area (Å²) in [7, 11) is 0. The number of aliphatic hydroxyl groups is 1. The Balaban J connectivity index is 1.96. The number of carboxylic acids is 1. The molecule has 0 aliphatic heterocycles. The first kappa shape index (κ1) is 20.7. The lowest BCUT2D eigenvalue weighted by atomic mass is 9.85. The van der Waals surface area contributed by atoms with Gasteiger partial charge in [0, 0.05) is 6.42 Å². The number of rotatable bonds is 12. The number of carboxylic acid groups (broad SMARTS) is 1. The Bertz CT molecular complexity index is 403. The van der Waals surface area contributed by atoms with Crippen molar-refractivity contribution >= 4 is 5.97 Å². The second kappa shape index (κ2) is 14.0. The smallest absolute Gasteiger partial charge is 0.303 e. The van der Waals surface area contributed by atoms with Crippen molar-refractivity contribution in [2.24, 2.45) is 5.92 Å². The van der Waals surface area contributed by atoms with Crippen LogP contribution in [0.1, 0.15) is 77.0 Å². The maximum Gasteiger partial charge on any atom is 0.303 e. The number of aliphatic hydroxyl groups excluding tert-OH is 1. The molecule has 1 rings (SSSR count). The standard InChI is InChI=1S/C21H34O3/c22-20(19-15-11-10-12-16-19)17-13-8-6-4-2-1-3-5-7-9-14-18-21(23)24/h5-8,13,17,19-20,22H,1-4,9-12,14-16,18H2,(H,23,24)/b7-5+,8-6+,17-13+. The van der Waals surface area contributed by atoms with Crippen LogP contribution in [0.5, 0.6) is 0 Å². The van der Waals surface area contributed by atoms with Gasteiger partial charge in [-0.15, -0.1) is 0 Å². The predicted octanol–water partition coefficient (Wildman–Crippen LogP) is 5.41. The maximum atomic E-state index is 10.3. The first-order chi connectivity index (χ1) is 11.7. The third kappa shape index (κ3) is 11.2. The van der Waals surface area contributed by atoms with Gasteiger partial charge in [0.15, 0.2) is 0 Å². The fourth-order valence-corrected chi connectivity index (χ4v) is 3.12. The number of hydrogen-bond acceptors (Lipinski definition) is 2. The largest absolute Gasteiger partial charge is 0.481 e. The van der Waals surface area contributed by atoms with Crippen LogP contribution in [0.25, 0.3) is 0 Å². The molecule has 24 heavy (non-hydrogen) atoms. The van der Waals surface area contributed by atoms with Gasteiger partial charge in [-0.1, -0.05) is 55.7 Å². The molecule has 0 amide bonds. The van der Waals surface area contributed by atoms with E-state index in [9.17, 15) is 9.90 Å². The summed E-state index contributed by atoms with van der Waals surface area (Å²) in [5, 5.41) is 18.6. The van der Waals surface area contributed by atoms with E-state index in [1.807, 2.05) is 18.2 Å². The number of aliphatic carboxylic acids is 1. The molecule has 3 nitrogen and oxygen atoms in total. The second-order valence-electron chi connectivity index (χ2n) is 6.74. The van der Waals surface area contributed by atoms with E-state index in [-0.39, 0.29) is 12.5 Å². The first-order valence-corrected chi connectivity index (χ1v) is 9.58. The van der Waals surface area contributed by atoms with Gasteiger partial charge in [0.25, 0.3) is 0 Å². The van der Waals surface area contributed by atoms with Crippen LogP contribution in [0.3, 0.4) is 0 Å². The Morgan fingerprint density at radius 1 is 0.917 bits per heavy atom. The van der Waals surface area contributed by atoms with Crippen LogP contribution in [-0.4, -0.2) is 22.3 Å². The molecule has 1 aliphatic rings. The van der Waals surface area contributed by atoms with Crippen LogP contribution in [0.15, 0.2) is 36.5 Å². The quantitative estimate of drug-likeness (QED) is 0.285. The molecule has 0 saturated heterocycles. The predicted molar refractivity (Wildman–Crippen MR) is 100.0 cm³/mol. The number of hydrogen-bond donors (Lipinski definition) is 2. The van der Waals surface area contributed by atoms with Crippen molar-refractivity contribution in [3.8, 4) is 0 Å². The van der Waals surface area contributed by atoms with E-state index >= 15 is 0 Å². The highest BCUT2D eigenvalue weighted by Gasteiger charge is 2.18. The molecule has 136 valence electrons. The van der Waals surface area contributed by atoms with Crippen LogP contribution in [0, 0.1) is 5.92 Å². The van der Waals surface area contributed by atoms with E-state index in [2.05, 4.69) is 18.2 Å². The summed E-state index contributed by atoms with van der Waals surface area (Å²) < 4.78 is 0. The molecule has 0 aromatic rings. The molecule has 2 N–H and O–H groups in total. The van der Waals surface area contributed by atoms with Gasteiger partial charge in [0.2, 0.25) is 0 Å². The minimum atomic E-state index is -0.713. The summed E-state index contributed by atoms with van der Waals surface area (Å²) in [4.78, 5) is 10.3. The molecule has 0 bridgehead atoms. The zero-order valence-electron chi connectivity index (χ0n) is 14.9. The Labute approximate surface area is 147 Å². The molecule has 1 saturated carbocycles. The van der Waals surface area contributed by atoms with Gasteiger partial charge in [-0.05, 0) is 57.3 Å². The van der Waals surface area contributed by atoms with Gasteiger partial charge < -0.3 is 10.2 Å². The van der Waals surface area contributed by atoms with Crippen molar-refractivity contribution in [1.29, 1.82) is 0 Å². The summed E-state index contributed by atoms with van der Waals surface area (Å²) in [5.74, 6) is -0.249. The van der Waals surface area contributed by atoms with Crippen LogP contribution in [0.4, 0.5) is 0 Å². The Morgan fingerprint density at radius 3 is 2.21 bits per heavy atom. The molecule has 0 heterocycles.